The molecule has 0 spiro atoms. The van der Waals surface area contributed by atoms with Crippen molar-refractivity contribution in [2.45, 2.75) is 33.3 Å². The van der Waals surface area contributed by atoms with Gasteiger partial charge in [-0.2, -0.15) is 15.0 Å². The van der Waals surface area contributed by atoms with Gasteiger partial charge in [0.05, 0.1) is 5.60 Å². The Kier molecular flexibility index (Phi) is 4.49. The zero-order valence-corrected chi connectivity index (χ0v) is 12.9. The van der Waals surface area contributed by atoms with Gasteiger partial charge >= 0.3 is 0 Å². The average molecular weight is 310 g/mol. The Bertz CT molecular complexity index is 629. The maximum atomic E-state index is 5.87. The minimum absolute atomic E-state index is 0.0401. The van der Waals surface area contributed by atoms with Gasteiger partial charge in [0.15, 0.2) is 0 Å². The van der Waals surface area contributed by atoms with Gasteiger partial charge in [0.1, 0.15) is 12.1 Å². The monoisotopic (exact) mass is 309 g/mol. The highest BCUT2D eigenvalue weighted by atomic mass is 35.5. The first-order valence-electron chi connectivity index (χ1n) is 6.23. The van der Waals surface area contributed by atoms with Crippen LogP contribution in [0.1, 0.15) is 26.5 Å². The second-order valence-electron chi connectivity index (χ2n) is 5.24. The van der Waals surface area contributed by atoms with Gasteiger partial charge in [0.2, 0.25) is 11.2 Å². The van der Waals surface area contributed by atoms with E-state index in [1.165, 1.54) is 6.33 Å². The fraction of sp³-hybridized carbons (Fsp3) is 0.417. The molecule has 0 atom stereocenters. The number of anilines is 3. The summed E-state index contributed by atoms with van der Waals surface area (Å²) in [5.41, 5.74) is 3.07. The first-order valence-corrected chi connectivity index (χ1v) is 6.61. The fourth-order valence-corrected chi connectivity index (χ4v) is 1.45. The first kappa shape index (κ1) is 15.3. The van der Waals surface area contributed by atoms with Crippen molar-refractivity contribution in [1.29, 1.82) is 0 Å². The number of aromatic nitrogens is 5. The molecule has 2 N–H and O–H groups in total. The van der Waals surface area contributed by atoms with Crippen molar-refractivity contribution in [1.82, 2.24) is 24.9 Å². The van der Waals surface area contributed by atoms with E-state index in [0.29, 0.717) is 5.82 Å². The Morgan fingerprint density at radius 1 is 1.10 bits per heavy atom. The molecule has 112 valence electrons. The molecule has 9 heteroatoms. The summed E-state index contributed by atoms with van der Waals surface area (Å²) in [7, 11) is 0. The molecule has 0 aromatic carbocycles. The highest BCUT2D eigenvalue weighted by Crippen LogP contribution is 2.15. The molecule has 8 nitrogen and oxygen atoms in total. The molecule has 2 aromatic heterocycles. The summed E-state index contributed by atoms with van der Waals surface area (Å²) in [5.74, 6) is 1.03. The van der Waals surface area contributed by atoms with Crippen LogP contribution < -0.4 is 10.8 Å². The van der Waals surface area contributed by atoms with Crippen molar-refractivity contribution in [2.24, 2.45) is 0 Å². The third-order valence-corrected chi connectivity index (χ3v) is 2.27. The van der Waals surface area contributed by atoms with E-state index in [1.807, 2.05) is 27.7 Å². The quantitative estimate of drug-likeness (QED) is 0.831. The normalized spacial score (nSPS) is 11.3. The Labute approximate surface area is 127 Å². The smallest absolute Gasteiger partial charge is 0.253 e. The lowest BCUT2D eigenvalue weighted by atomic mass is 10.2. The van der Waals surface area contributed by atoms with Gasteiger partial charge in [-0.15, -0.1) is 0 Å². The van der Waals surface area contributed by atoms with E-state index in [4.69, 9.17) is 16.4 Å². The largest absolute Gasteiger partial charge is 0.308 e. The lowest BCUT2D eigenvalue weighted by Gasteiger charge is -2.18. The molecule has 0 fully saturated rings. The maximum absolute atomic E-state index is 5.87. The van der Waals surface area contributed by atoms with E-state index in [2.05, 4.69) is 35.7 Å². The lowest BCUT2D eigenvalue weighted by molar-refractivity contribution is 0.0358. The van der Waals surface area contributed by atoms with Crippen LogP contribution in [0.25, 0.3) is 0 Å². The van der Waals surface area contributed by atoms with Crippen molar-refractivity contribution in [2.75, 3.05) is 10.8 Å². The molecule has 21 heavy (non-hydrogen) atoms. The number of nitrogens with zero attached hydrogens (tertiary/aromatic N) is 5. The summed E-state index contributed by atoms with van der Waals surface area (Å²) >= 11 is 5.87. The molecule has 0 saturated carbocycles. The molecular weight excluding hydrogens is 294 g/mol. The van der Waals surface area contributed by atoms with Gasteiger partial charge in [0.25, 0.3) is 5.95 Å². The molecule has 0 unspecified atom stereocenters. The van der Waals surface area contributed by atoms with E-state index in [1.54, 1.807) is 6.07 Å². The van der Waals surface area contributed by atoms with Crippen LogP contribution in [0.5, 0.6) is 0 Å². The van der Waals surface area contributed by atoms with Gasteiger partial charge in [-0.3, -0.25) is 4.84 Å². The predicted octanol–water partition coefficient (Wildman–Crippen LogP) is 2.51. The first-order chi connectivity index (χ1) is 9.82. The van der Waals surface area contributed by atoms with Crippen LogP contribution in [0.2, 0.25) is 5.28 Å². The van der Waals surface area contributed by atoms with Crippen LogP contribution >= 0.6 is 11.6 Å². The lowest BCUT2D eigenvalue weighted by Crippen LogP contribution is -2.24. The Morgan fingerprint density at radius 2 is 1.81 bits per heavy atom. The summed E-state index contributed by atoms with van der Waals surface area (Å²) in [4.78, 5) is 25.5. The van der Waals surface area contributed by atoms with Crippen molar-refractivity contribution in [3.63, 3.8) is 0 Å². The van der Waals surface area contributed by atoms with Crippen LogP contribution in [0, 0.1) is 6.92 Å². The topological polar surface area (TPSA) is 97.7 Å². The Hall–Kier alpha value is -2.06. The number of aryl methyl sites for hydroxylation is 1. The highest BCUT2D eigenvalue weighted by molar-refractivity contribution is 6.28. The van der Waals surface area contributed by atoms with Gasteiger partial charge in [-0.1, -0.05) is 0 Å². The molecule has 0 saturated heterocycles. The maximum Gasteiger partial charge on any atom is 0.253 e. The van der Waals surface area contributed by atoms with Gasteiger partial charge < -0.3 is 5.32 Å². The molecule has 2 rings (SSSR count). The van der Waals surface area contributed by atoms with Gasteiger partial charge in [-0.25, -0.2) is 15.4 Å². The summed E-state index contributed by atoms with van der Waals surface area (Å²) in [6, 6.07) is 1.76. The third kappa shape index (κ3) is 5.09. The van der Waals surface area contributed by atoms with Crippen LogP contribution in [0.15, 0.2) is 12.4 Å². The van der Waals surface area contributed by atoms with Gasteiger partial charge in [-0.05, 0) is 39.3 Å². The van der Waals surface area contributed by atoms with Crippen LogP contribution in [-0.2, 0) is 4.84 Å². The Morgan fingerprint density at radius 3 is 2.48 bits per heavy atom. The number of halogens is 1. The molecule has 2 heterocycles. The van der Waals surface area contributed by atoms with Crippen LogP contribution in [-0.4, -0.2) is 30.5 Å². The summed E-state index contributed by atoms with van der Waals surface area (Å²) in [5, 5.41) is 2.97. The zero-order valence-electron chi connectivity index (χ0n) is 12.2. The van der Waals surface area contributed by atoms with Crippen molar-refractivity contribution < 1.29 is 4.84 Å². The van der Waals surface area contributed by atoms with E-state index < -0.39 is 5.60 Å². The van der Waals surface area contributed by atoms with Gasteiger partial charge in [0, 0.05) is 11.8 Å². The van der Waals surface area contributed by atoms with E-state index >= 15 is 0 Å². The standard InChI is InChI=1S/C12H16ClN7O/c1-7-5-8(15-6-14-7)16-10-17-9(13)18-11(19-10)20-21-12(2,3)4/h5-6H,1-4H3,(H2,14,15,16,17,18,19,20). The number of hydrogen-bond acceptors (Lipinski definition) is 8. The van der Waals surface area contributed by atoms with E-state index in [9.17, 15) is 0 Å². The van der Waals surface area contributed by atoms with Crippen molar-refractivity contribution in [3.05, 3.63) is 23.4 Å². The minimum Gasteiger partial charge on any atom is -0.308 e. The summed E-state index contributed by atoms with van der Waals surface area (Å²) < 4.78 is 0. The molecule has 0 aliphatic heterocycles. The second kappa shape index (κ2) is 6.15. The highest BCUT2D eigenvalue weighted by Gasteiger charge is 2.13. The molecule has 2 aromatic rings. The molecule has 0 radical (unpaired) electrons. The van der Waals surface area contributed by atoms with E-state index in [0.717, 1.165) is 5.69 Å². The van der Waals surface area contributed by atoms with E-state index in [-0.39, 0.29) is 17.2 Å². The fourth-order valence-electron chi connectivity index (χ4n) is 1.29. The SMILES string of the molecule is Cc1cc(Nc2nc(Cl)nc(NOC(C)(C)C)n2)ncn1. The predicted molar refractivity (Wildman–Crippen MR) is 79.3 cm³/mol. The summed E-state index contributed by atoms with van der Waals surface area (Å²) in [6.45, 7) is 7.54. The number of rotatable bonds is 4. The summed E-state index contributed by atoms with van der Waals surface area (Å²) in [6.07, 6.45) is 1.45. The molecule has 0 bridgehead atoms. The van der Waals surface area contributed by atoms with Crippen LogP contribution in [0.4, 0.5) is 17.7 Å². The minimum atomic E-state index is -0.392. The van der Waals surface area contributed by atoms with Crippen molar-refractivity contribution >= 4 is 29.3 Å². The molecular formula is C12H16ClN7O. The van der Waals surface area contributed by atoms with Crippen LogP contribution in [0.3, 0.4) is 0 Å². The van der Waals surface area contributed by atoms with Crippen molar-refractivity contribution in [3.8, 4) is 0 Å². The zero-order chi connectivity index (χ0) is 15.5. The molecule has 0 aliphatic rings. The number of hydrogen-bond donors (Lipinski definition) is 2. The molecule has 0 amide bonds. The average Bonchev–Trinajstić information content (AvgIpc) is 2.35. The molecule has 0 aliphatic carbocycles. The second-order valence-corrected chi connectivity index (χ2v) is 5.58. The third-order valence-electron chi connectivity index (χ3n) is 2.10. The Balaban J connectivity index is 2.15. The number of nitrogens with one attached hydrogen (secondary N) is 2.